The maximum Gasteiger partial charge on any atom is 0.269 e. The van der Waals surface area contributed by atoms with Gasteiger partial charge in [-0.3, -0.25) is 20.0 Å². The highest BCUT2D eigenvalue weighted by Gasteiger charge is 2.16. The number of H-pyrrole nitrogens is 1. The van der Waals surface area contributed by atoms with E-state index in [0.29, 0.717) is 10.8 Å². The molecule has 0 fully saturated rings. The SMILES string of the molecule is CC(Sc1ncn[nH]1)C(=O)Nc1ccc([N+](=O)[O-])cc1. The molecule has 8 nitrogen and oxygen atoms in total. The first-order chi connectivity index (χ1) is 9.56. The molecule has 2 rings (SSSR count). The molecule has 1 aromatic heterocycles. The van der Waals surface area contributed by atoms with Gasteiger partial charge in [-0.05, 0) is 19.1 Å². The molecule has 1 aromatic carbocycles. The van der Waals surface area contributed by atoms with Gasteiger partial charge in [0.2, 0.25) is 5.91 Å². The molecular formula is C11H11N5O3S. The predicted octanol–water partition coefficient (Wildman–Crippen LogP) is 1.83. The molecule has 0 aliphatic rings. The third-order valence-electron chi connectivity index (χ3n) is 2.40. The van der Waals surface area contributed by atoms with Crippen LogP contribution in [-0.4, -0.2) is 31.3 Å². The quantitative estimate of drug-likeness (QED) is 0.494. The van der Waals surface area contributed by atoms with Crippen molar-refractivity contribution in [3.63, 3.8) is 0 Å². The second-order valence-electron chi connectivity index (χ2n) is 3.84. The monoisotopic (exact) mass is 293 g/mol. The molecule has 20 heavy (non-hydrogen) atoms. The molecule has 1 atom stereocenters. The van der Waals surface area contributed by atoms with Crippen molar-refractivity contribution < 1.29 is 9.72 Å². The Balaban J connectivity index is 1.95. The van der Waals surface area contributed by atoms with Crippen LogP contribution in [-0.2, 0) is 4.79 Å². The Morgan fingerprint density at radius 2 is 2.15 bits per heavy atom. The fraction of sp³-hybridized carbons (Fsp3) is 0.182. The number of carbonyl (C=O) groups excluding carboxylic acids is 1. The van der Waals surface area contributed by atoms with E-state index in [1.165, 1.54) is 42.4 Å². The summed E-state index contributed by atoms with van der Waals surface area (Å²) in [5, 5.41) is 19.7. The minimum Gasteiger partial charge on any atom is -0.325 e. The number of hydrogen-bond acceptors (Lipinski definition) is 6. The Bertz CT molecular complexity index is 599. The van der Waals surface area contributed by atoms with Gasteiger partial charge in [-0.25, -0.2) is 4.98 Å². The van der Waals surface area contributed by atoms with Crippen LogP contribution >= 0.6 is 11.8 Å². The minimum atomic E-state index is -0.492. The van der Waals surface area contributed by atoms with Crippen molar-refractivity contribution in [2.24, 2.45) is 0 Å². The number of amides is 1. The highest BCUT2D eigenvalue weighted by molar-refractivity contribution is 8.00. The number of nitrogens with zero attached hydrogens (tertiary/aromatic N) is 3. The first kappa shape index (κ1) is 14.0. The number of anilines is 1. The summed E-state index contributed by atoms with van der Waals surface area (Å²) in [5.41, 5.74) is 0.484. The molecule has 0 aliphatic carbocycles. The molecule has 1 amide bonds. The van der Waals surface area contributed by atoms with E-state index in [1.54, 1.807) is 6.92 Å². The smallest absolute Gasteiger partial charge is 0.269 e. The van der Waals surface area contributed by atoms with Crippen LogP contribution in [0.1, 0.15) is 6.92 Å². The molecule has 0 saturated heterocycles. The number of non-ortho nitro benzene ring substituents is 1. The summed E-state index contributed by atoms with van der Waals surface area (Å²) in [6.45, 7) is 1.73. The van der Waals surface area contributed by atoms with Crippen LogP contribution in [0.2, 0.25) is 0 Å². The van der Waals surface area contributed by atoms with Crippen molar-refractivity contribution in [1.82, 2.24) is 15.2 Å². The number of benzene rings is 1. The predicted molar refractivity (Wildman–Crippen MR) is 73.4 cm³/mol. The van der Waals surface area contributed by atoms with Crippen LogP contribution in [0, 0.1) is 10.1 Å². The minimum absolute atomic E-state index is 0.0212. The first-order valence-corrected chi connectivity index (χ1v) is 6.51. The molecule has 1 heterocycles. The first-order valence-electron chi connectivity index (χ1n) is 5.63. The molecule has 0 radical (unpaired) electrons. The van der Waals surface area contributed by atoms with Crippen LogP contribution in [0.25, 0.3) is 0 Å². The van der Waals surface area contributed by atoms with E-state index in [4.69, 9.17) is 0 Å². The van der Waals surface area contributed by atoms with Gasteiger partial charge in [0.05, 0.1) is 10.2 Å². The third-order valence-corrected chi connectivity index (χ3v) is 3.38. The lowest BCUT2D eigenvalue weighted by molar-refractivity contribution is -0.384. The summed E-state index contributed by atoms with van der Waals surface area (Å²) in [4.78, 5) is 25.9. The molecule has 1 unspecified atom stereocenters. The zero-order chi connectivity index (χ0) is 14.5. The number of nitrogens with one attached hydrogen (secondary N) is 2. The van der Waals surface area contributed by atoms with E-state index in [1.807, 2.05) is 0 Å². The lowest BCUT2D eigenvalue weighted by Crippen LogP contribution is -2.22. The van der Waals surface area contributed by atoms with Gasteiger partial charge in [-0.15, -0.1) is 0 Å². The summed E-state index contributed by atoms with van der Waals surface area (Å²) in [7, 11) is 0. The van der Waals surface area contributed by atoms with E-state index in [2.05, 4.69) is 20.5 Å². The molecule has 0 bridgehead atoms. The molecule has 2 aromatic rings. The Hall–Kier alpha value is -2.42. The number of hydrogen-bond donors (Lipinski definition) is 2. The maximum atomic E-state index is 11.9. The number of nitro groups is 1. The zero-order valence-electron chi connectivity index (χ0n) is 10.4. The summed E-state index contributed by atoms with van der Waals surface area (Å²) in [6, 6.07) is 5.65. The maximum absolute atomic E-state index is 11.9. The normalized spacial score (nSPS) is 11.8. The van der Waals surface area contributed by atoms with E-state index >= 15 is 0 Å². The standard InChI is InChI=1S/C11H11N5O3S/c1-7(20-11-12-6-13-15-11)10(17)14-8-2-4-9(5-3-8)16(18)19/h2-7H,1H3,(H,14,17)(H,12,13,15). The van der Waals surface area contributed by atoms with Gasteiger partial charge in [-0.2, -0.15) is 5.10 Å². The fourth-order valence-corrected chi connectivity index (χ4v) is 2.10. The average molecular weight is 293 g/mol. The van der Waals surface area contributed by atoms with Crippen molar-refractivity contribution in [1.29, 1.82) is 0 Å². The van der Waals surface area contributed by atoms with Crippen molar-refractivity contribution in [2.75, 3.05) is 5.32 Å². The van der Waals surface area contributed by atoms with E-state index in [9.17, 15) is 14.9 Å². The van der Waals surface area contributed by atoms with E-state index in [0.717, 1.165) is 0 Å². The lowest BCUT2D eigenvalue weighted by Gasteiger charge is -2.10. The van der Waals surface area contributed by atoms with Gasteiger partial charge in [0.15, 0.2) is 5.16 Å². The molecule has 2 N–H and O–H groups in total. The van der Waals surface area contributed by atoms with Gasteiger partial charge in [-0.1, -0.05) is 11.8 Å². The highest BCUT2D eigenvalue weighted by atomic mass is 32.2. The topological polar surface area (TPSA) is 114 Å². The number of nitro benzene ring substituents is 1. The third kappa shape index (κ3) is 3.54. The summed E-state index contributed by atoms with van der Waals surface area (Å²) in [6.07, 6.45) is 1.36. The Morgan fingerprint density at radius 3 is 2.70 bits per heavy atom. The summed E-state index contributed by atoms with van der Waals surface area (Å²) >= 11 is 1.24. The molecule has 0 saturated carbocycles. The number of rotatable bonds is 5. The summed E-state index contributed by atoms with van der Waals surface area (Å²) < 4.78 is 0. The van der Waals surface area contributed by atoms with Gasteiger partial charge in [0, 0.05) is 17.8 Å². The molecule has 0 aliphatic heterocycles. The van der Waals surface area contributed by atoms with Gasteiger partial charge in [0.25, 0.3) is 5.69 Å². The second-order valence-corrected chi connectivity index (χ2v) is 5.17. The number of carbonyl (C=O) groups is 1. The van der Waals surface area contributed by atoms with Crippen LogP contribution in [0.5, 0.6) is 0 Å². The van der Waals surface area contributed by atoms with Crippen molar-refractivity contribution in [3.8, 4) is 0 Å². The van der Waals surface area contributed by atoms with Crippen LogP contribution in [0.15, 0.2) is 35.7 Å². The largest absolute Gasteiger partial charge is 0.325 e. The number of thioether (sulfide) groups is 1. The molecular weight excluding hydrogens is 282 g/mol. The molecule has 0 spiro atoms. The highest BCUT2D eigenvalue weighted by Crippen LogP contribution is 2.20. The van der Waals surface area contributed by atoms with Gasteiger partial charge in [0.1, 0.15) is 6.33 Å². The fourth-order valence-electron chi connectivity index (χ4n) is 1.38. The summed E-state index contributed by atoms with van der Waals surface area (Å²) in [5.74, 6) is -0.222. The second kappa shape index (κ2) is 6.15. The van der Waals surface area contributed by atoms with Crippen molar-refractivity contribution >= 4 is 29.0 Å². The van der Waals surface area contributed by atoms with Crippen molar-refractivity contribution in [3.05, 3.63) is 40.7 Å². The lowest BCUT2D eigenvalue weighted by atomic mass is 10.3. The zero-order valence-corrected chi connectivity index (χ0v) is 11.3. The Kier molecular flexibility index (Phi) is 4.31. The number of aromatic nitrogens is 3. The number of aromatic amines is 1. The van der Waals surface area contributed by atoms with Crippen molar-refractivity contribution in [2.45, 2.75) is 17.3 Å². The van der Waals surface area contributed by atoms with Gasteiger partial charge >= 0.3 is 0 Å². The van der Waals surface area contributed by atoms with E-state index in [-0.39, 0.29) is 16.8 Å². The van der Waals surface area contributed by atoms with Crippen LogP contribution < -0.4 is 5.32 Å². The van der Waals surface area contributed by atoms with Crippen LogP contribution in [0.4, 0.5) is 11.4 Å². The van der Waals surface area contributed by atoms with Gasteiger partial charge < -0.3 is 5.32 Å². The Morgan fingerprint density at radius 1 is 1.45 bits per heavy atom. The Labute approximate surface area is 118 Å². The van der Waals surface area contributed by atoms with Crippen LogP contribution in [0.3, 0.4) is 0 Å². The molecule has 9 heteroatoms. The molecule has 104 valence electrons. The average Bonchev–Trinajstić information content (AvgIpc) is 2.92. The van der Waals surface area contributed by atoms with E-state index < -0.39 is 4.92 Å².